The molecular formula is C17H30N4. The van der Waals surface area contributed by atoms with Gasteiger partial charge in [0, 0.05) is 32.1 Å². The number of hydrogen-bond donors (Lipinski definition) is 1. The van der Waals surface area contributed by atoms with Gasteiger partial charge in [-0.25, -0.2) is 9.97 Å². The fourth-order valence-electron chi connectivity index (χ4n) is 3.26. The van der Waals surface area contributed by atoms with Crippen molar-refractivity contribution in [1.82, 2.24) is 9.97 Å². The van der Waals surface area contributed by atoms with Gasteiger partial charge in [-0.05, 0) is 39.0 Å². The van der Waals surface area contributed by atoms with Gasteiger partial charge in [0.1, 0.15) is 17.5 Å². The van der Waals surface area contributed by atoms with E-state index in [0.29, 0.717) is 0 Å². The Morgan fingerprint density at radius 2 is 1.90 bits per heavy atom. The third kappa shape index (κ3) is 4.08. The zero-order chi connectivity index (χ0) is 15.2. The molecule has 1 aliphatic carbocycles. The molecule has 0 amide bonds. The van der Waals surface area contributed by atoms with Gasteiger partial charge in [0.15, 0.2) is 0 Å². The third-order valence-corrected chi connectivity index (χ3v) is 4.35. The minimum absolute atomic E-state index is 0.835. The van der Waals surface area contributed by atoms with E-state index >= 15 is 0 Å². The van der Waals surface area contributed by atoms with E-state index in [1.54, 1.807) is 0 Å². The first-order valence-corrected chi connectivity index (χ1v) is 8.48. The number of rotatable bonds is 7. The van der Waals surface area contributed by atoms with Crippen LogP contribution in [0, 0.1) is 12.8 Å². The lowest BCUT2D eigenvalue weighted by atomic mass is 10.1. The molecule has 1 aliphatic rings. The molecule has 1 aromatic rings. The third-order valence-electron chi connectivity index (χ3n) is 4.35. The van der Waals surface area contributed by atoms with Crippen molar-refractivity contribution in [3.05, 3.63) is 11.4 Å². The maximum Gasteiger partial charge on any atom is 0.137 e. The Morgan fingerprint density at radius 3 is 2.52 bits per heavy atom. The number of anilines is 2. The fraction of sp³-hybridized carbons (Fsp3) is 0.765. The van der Waals surface area contributed by atoms with Gasteiger partial charge in [-0.2, -0.15) is 0 Å². The van der Waals surface area contributed by atoms with Crippen molar-refractivity contribution in [2.24, 2.45) is 5.92 Å². The van der Waals surface area contributed by atoms with Crippen molar-refractivity contribution in [2.75, 3.05) is 30.4 Å². The quantitative estimate of drug-likeness (QED) is 0.829. The Morgan fingerprint density at radius 1 is 1.19 bits per heavy atom. The first-order chi connectivity index (χ1) is 10.2. The lowest BCUT2D eigenvalue weighted by molar-refractivity contribution is 0.544. The molecule has 1 N–H and O–H groups in total. The molecular weight excluding hydrogens is 260 g/mol. The van der Waals surface area contributed by atoms with Crippen molar-refractivity contribution >= 4 is 11.6 Å². The van der Waals surface area contributed by atoms with Crippen LogP contribution in [-0.2, 0) is 6.42 Å². The minimum Gasteiger partial charge on any atom is -0.370 e. The van der Waals surface area contributed by atoms with E-state index in [9.17, 15) is 0 Å². The van der Waals surface area contributed by atoms with Crippen LogP contribution in [0.1, 0.15) is 57.3 Å². The van der Waals surface area contributed by atoms with E-state index in [-0.39, 0.29) is 0 Å². The normalized spacial score (nSPS) is 15.4. The van der Waals surface area contributed by atoms with Gasteiger partial charge in [0.05, 0.1) is 0 Å². The zero-order valence-electron chi connectivity index (χ0n) is 14.1. The lowest BCUT2D eigenvalue weighted by Gasteiger charge is -2.25. The van der Waals surface area contributed by atoms with Crippen LogP contribution in [0.5, 0.6) is 0 Å². The summed E-state index contributed by atoms with van der Waals surface area (Å²) in [6, 6.07) is 0. The van der Waals surface area contributed by atoms with Gasteiger partial charge < -0.3 is 10.2 Å². The summed E-state index contributed by atoms with van der Waals surface area (Å²) in [7, 11) is 2.18. The van der Waals surface area contributed by atoms with Gasteiger partial charge in [-0.15, -0.1) is 0 Å². The second-order valence-corrected chi connectivity index (χ2v) is 6.25. The van der Waals surface area contributed by atoms with Crippen LogP contribution >= 0.6 is 0 Å². The molecule has 0 radical (unpaired) electrons. The van der Waals surface area contributed by atoms with E-state index in [1.165, 1.54) is 31.2 Å². The molecule has 0 bridgehead atoms. The molecule has 1 saturated carbocycles. The van der Waals surface area contributed by atoms with Gasteiger partial charge in [0.2, 0.25) is 0 Å². The molecule has 1 fully saturated rings. The van der Waals surface area contributed by atoms with E-state index in [0.717, 1.165) is 49.3 Å². The number of hydrogen-bond acceptors (Lipinski definition) is 4. The maximum atomic E-state index is 4.82. The topological polar surface area (TPSA) is 41.1 Å². The molecule has 0 aliphatic heterocycles. The average molecular weight is 290 g/mol. The molecule has 0 spiro atoms. The van der Waals surface area contributed by atoms with Crippen LogP contribution in [0.4, 0.5) is 11.6 Å². The van der Waals surface area contributed by atoms with Gasteiger partial charge in [-0.1, -0.05) is 19.8 Å². The van der Waals surface area contributed by atoms with Crippen LogP contribution in [0.25, 0.3) is 0 Å². The van der Waals surface area contributed by atoms with Gasteiger partial charge in [0.25, 0.3) is 0 Å². The molecule has 4 heteroatoms. The highest BCUT2D eigenvalue weighted by molar-refractivity contribution is 5.58. The second kappa shape index (κ2) is 7.62. The van der Waals surface area contributed by atoms with Crippen LogP contribution < -0.4 is 10.2 Å². The molecule has 1 aromatic heterocycles. The zero-order valence-corrected chi connectivity index (χ0v) is 14.1. The first kappa shape index (κ1) is 16.1. The molecule has 0 atom stereocenters. The Labute approximate surface area is 129 Å². The lowest BCUT2D eigenvalue weighted by Crippen LogP contribution is -2.26. The average Bonchev–Trinajstić information content (AvgIpc) is 2.95. The Kier molecular flexibility index (Phi) is 5.83. The number of nitrogens with zero attached hydrogens (tertiary/aromatic N) is 3. The number of aromatic nitrogens is 2. The van der Waals surface area contributed by atoms with Crippen molar-refractivity contribution in [1.29, 1.82) is 0 Å². The van der Waals surface area contributed by atoms with E-state index in [4.69, 9.17) is 4.98 Å². The molecule has 4 nitrogen and oxygen atoms in total. The van der Waals surface area contributed by atoms with Crippen LogP contribution in [0.2, 0.25) is 0 Å². The first-order valence-electron chi connectivity index (χ1n) is 8.48. The van der Waals surface area contributed by atoms with E-state index in [2.05, 4.69) is 43.0 Å². The summed E-state index contributed by atoms with van der Waals surface area (Å²) in [5.41, 5.74) is 1.18. The summed E-state index contributed by atoms with van der Waals surface area (Å²) >= 11 is 0. The van der Waals surface area contributed by atoms with Crippen molar-refractivity contribution in [2.45, 2.75) is 59.3 Å². The summed E-state index contributed by atoms with van der Waals surface area (Å²) in [6.45, 7) is 8.44. The molecule has 0 aromatic carbocycles. The van der Waals surface area contributed by atoms with Gasteiger partial charge >= 0.3 is 0 Å². The molecule has 2 rings (SSSR count). The highest BCUT2D eigenvalue weighted by atomic mass is 15.2. The number of nitrogens with one attached hydrogen (secondary N) is 1. The van der Waals surface area contributed by atoms with Crippen LogP contribution in [-0.4, -0.2) is 30.1 Å². The Bertz CT molecular complexity index is 452. The number of aryl methyl sites for hydroxylation is 1. The molecule has 0 unspecified atom stereocenters. The molecule has 0 saturated heterocycles. The predicted molar refractivity (Wildman–Crippen MR) is 90.2 cm³/mol. The van der Waals surface area contributed by atoms with E-state index < -0.39 is 0 Å². The SMILES string of the molecule is CCCc1nc(NCC)c(C)c(N(C)CC2CCCC2)n1. The summed E-state index contributed by atoms with van der Waals surface area (Å²) in [6.07, 6.45) is 7.56. The highest BCUT2D eigenvalue weighted by Crippen LogP contribution is 2.29. The maximum absolute atomic E-state index is 4.82. The predicted octanol–water partition coefficient (Wildman–Crippen LogP) is 3.80. The molecule has 21 heavy (non-hydrogen) atoms. The van der Waals surface area contributed by atoms with Crippen LogP contribution in [0.3, 0.4) is 0 Å². The largest absolute Gasteiger partial charge is 0.370 e. The Hall–Kier alpha value is -1.32. The van der Waals surface area contributed by atoms with Crippen molar-refractivity contribution < 1.29 is 0 Å². The van der Waals surface area contributed by atoms with E-state index in [1.807, 2.05) is 0 Å². The standard InChI is InChI=1S/C17H30N4/c1-5-9-15-19-16(18-6-2)13(3)17(20-15)21(4)12-14-10-7-8-11-14/h14H,5-12H2,1-4H3,(H,18,19,20). The summed E-state index contributed by atoms with van der Waals surface area (Å²) < 4.78 is 0. The Balaban J connectivity index is 2.21. The van der Waals surface area contributed by atoms with Crippen molar-refractivity contribution in [3.63, 3.8) is 0 Å². The van der Waals surface area contributed by atoms with Crippen molar-refractivity contribution in [3.8, 4) is 0 Å². The fourth-order valence-corrected chi connectivity index (χ4v) is 3.26. The second-order valence-electron chi connectivity index (χ2n) is 6.25. The van der Waals surface area contributed by atoms with Gasteiger partial charge in [-0.3, -0.25) is 0 Å². The van der Waals surface area contributed by atoms with Crippen LogP contribution in [0.15, 0.2) is 0 Å². The molecule has 1 heterocycles. The molecule has 118 valence electrons. The summed E-state index contributed by atoms with van der Waals surface area (Å²) in [4.78, 5) is 11.8. The highest BCUT2D eigenvalue weighted by Gasteiger charge is 2.20. The smallest absolute Gasteiger partial charge is 0.137 e. The minimum atomic E-state index is 0.835. The summed E-state index contributed by atoms with van der Waals surface area (Å²) in [5, 5.41) is 3.39. The monoisotopic (exact) mass is 290 g/mol. The summed E-state index contributed by atoms with van der Waals surface area (Å²) in [5.74, 6) is 3.91.